The molecule has 0 bridgehead atoms. The van der Waals surface area contributed by atoms with Crippen LogP contribution in [0.25, 0.3) is 27.8 Å². The molecule has 0 spiro atoms. The van der Waals surface area contributed by atoms with Gasteiger partial charge in [-0.15, -0.1) is 0 Å². The van der Waals surface area contributed by atoms with Gasteiger partial charge < -0.3 is 0 Å². The minimum atomic E-state index is -0.813. The van der Waals surface area contributed by atoms with E-state index in [0.717, 1.165) is 50.5 Å². The summed E-state index contributed by atoms with van der Waals surface area (Å²) in [7, 11) is 0. The van der Waals surface area contributed by atoms with E-state index in [1.807, 2.05) is 19.1 Å². The number of allylic oxidation sites excluding steroid dienone is 4. The van der Waals surface area contributed by atoms with Gasteiger partial charge in [-0.2, -0.15) is 0 Å². The molecule has 0 N–H and O–H groups in total. The lowest BCUT2D eigenvalue weighted by Gasteiger charge is -2.20. The van der Waals surface area contributed by atoms with Crippen LogP contribution in [0.2, 0.25) is 0 Å². The van der Waals surface area contributed by atoms with E-state index >= 15 is 4.39 Å². The van der Waals surface area contributed by atoms with Gasteiger partial charge >= 0.3 is 0 Å². The van der Waals surface area contributed by atoms with Crippen molar-refractivity contribution in [3.8, 4) is 22.3 Å². The first-order chi connectivity index (χ1) is 18.0. The molecule has 3 aromatic carbocycles. The molecule has 1 aliphatic rings. The van der Waals surface area contributed by atoms with E-state index in [1.54, 1.807) is 42.5 Å². The zero-order chi connectivity index (χ0) is 26.2. The highest BCUT2D eigenvalue weighted by molar-refractivity contribution is 5.74. The second kappa shape index (κ2) is 12.9. The molecule has 0 saturated carbocycles. The third kappa shape index (κ3) is 6.63. The van der Waals surface area contributed by atoms with Crippen molar-refractivity contribution in [1.29, 1.82) is 0 Å². The van der Waals surface area contributed by atoms with Gasteiger partial charge in [-0.05, 0) is 78.8 Å². The van der Waals surface area contributed by atoms with Crippen molar-refractivity contribution >= 4 is 5.57 Å². The second-order valence-electron chi connectivity index (χ2n) is 10.1. The molecule has 0 radical (unpaired) electrons. The zero-order valence-corrected chi connectivity index (χ0v) is 22.0. The molecule has 1 unspecified atom stereocenters. The summed E-state index contributed by atoms with van der Waals surface area (Å²) in [5.74, 6) is -1.27. The van der Waals surface area contributed by atoms with Crippen molar-refractivity contribution in [2.24, 2.45) is 5.92 Å². The predicted octanol–water partition coefficient (Wildman–Crippen LogP) is 10.7. The van der Waals surface area contributed by atoms with Crippen molar-refractivity contribution in [3.63, 3.8) is 0 Å². The average molecular weight is 503 g/mol. The summed E-state index contributed by atoms with van der Waals surface area (Å²) in [6.07, 6.45) is 15.5. The topological polar surface area (TPSA) is 0 Å². The summed E-state index contributed by atoms with van der Waals surface area (Å²) in [5, 5.41) is 0. The predicted molar refractivity (Wildman–Crippen MR) is 150 cm³/mol. The largest absolute Gasteiger partial charge is 0.206 e. The third-order valence-electron chi connectivity index (χ3n) is 7.47. The van der Waals surface area contributed by atoms with Crippen LogP contribution < -0.4 is 0 Å². The third-order valence-corrected chi connectivity index (χ3v) is 7.47. The first-order valence-corrected chi connectivity index (χ1v) is 13.7. The second-order valence-corrected chi connectivity index (χ2v) is 10.1. The van der Waals surface area contributed by atoms with Gasteiger partial charge in [-0.3, -0.25) is 0 Å². The van der Waals surface area contributed by atoms with Crippen LogP contribution in [-0.4, -0.2) is 0 Å². The summed E-state index contributed by atoms with van der Waals surface area (Å²) >= 11 is 0. The number of hydrogen-bond donors (Lipinski definition) is 0. The van der Waals surface area contributed by atoms with Crippen LogP contribution in [0.3, 0.4) is 0 Å². The minimum Gasteiger partial charge on any atom is -0.206 e. The average Bonchev–Trinajstić information content (AvgIpc) is 2.92. The van der Waals surface area contributed by atoms with Gasteiger partial charge in [-0.25, -0.2) is 13.2 Å². The van der Waals surface area contributed by atoms with Crippen LogP contribution in [0, 0.1) is 23.4 Å². The molecule has 0 amide bonds. The Bertz CT molecular complexity index is 1250. The summed E-state index contributed by atoms with van der Waals surface area (Å²) < 4.78 is 44.7. The van der Waals surface area contributed by atoms with E-state index in [4.69, 9.17) is 0 Å². The highest BCUT2D eigenvalue weighted by Gasteiger charge is 2.17. The zero-order valence-electron chi connectivity index (χ0n) is 22.0. The Morgan fingerprint density at radius 2 is 1.46 bits per heavy atom. The molecule has 0 saturated heterocycles. The molecule has 0 aromatic heterocycles. The van der Waals surface area contributed by atoms with Crippen LogP contribution in [0.1, 0.15) is 76.3 Å². The quantitative estimate of drug-likeness (QED) is 0.191. The summed E-state index contributed by atoms with van der Waals surface area (Å²) in [5.41, 5.74) is 4.58. The Morgan fingerprint density at radius 1 is 0.784 bits per heavy atom. The molecular weight excluding hydrogens is 465 g/mol. The number of unbranched alkanes of at least 4 members (excludes halogenated alkanes) is 4. The van der Waals surface area contributed by atoms with E-state index in [1.165, 1.54) is 12.0 Å². The summed E-state index contributed by atoms with van der Waals surface area (Å²) in [4.78, 5) is 0. The lowest BCUT2D eigenvalue weighted by atomic mass is 9.86. The Labute approximate surface area is 219 Å². The van der Waals surface area contributed by atoms with Gasteiger partial charge in [0.2, 0.25) is 0 Å². The standard InChI is InChI=1S/C34H37F3/c1-3-5-6-7-8-10-28-19-22-31(34(37)33(28)36)27-17-15-26(16-18-27)30-21-20-29(23-32(30)35)25-13-11-24(9-4-2)12-14-25/h4,9,13,15-24H,3,5-8,10-12,14H2,1-2H3/b9-4+. The minimum absolute atomic E-state index is 0.232. The number of aryl methyl sites for hydroxylation is 1. The van der Waals surface area contributed by atoms with Crippen LogP contribution in [0.15, 0.2) is 72.8 Å². The SMILES string of the molecule is C/C=C/C1CC=C(c2ccc(-c3ccc(-c4ccc(CCCCCCC)c(F)c4F)cc3)c(F)c2)CC1. The molecule has 4 rings (SSSR count). The molecule has 3 heteroatoms. The highest BCUT2D eigenvalue weighted by Crippen LogP contribution is 2.34. The van der Waals surface area contributed by atoms with Crippen LogP contribution in [0.4, 0.5) is 13.2 Å². The molecule has 0 aliphatic heterocycles. The monoisotopic (exact) mass is 502 g/mol. The summed E-state index contributed by atoms with van der Waals surface area (Å²) in [6.45, 7) is 4.20. The van der Waals surface area contributed by atoms with Gasteiger partial charge in [0, 0.05) is 11.1 Å². The van der Waals surface area contributed by atoms with Crippen LogP contribution >= 0.6 is 0 Å². The normalized spacial score (nSPS) is 15.8. The van der Waals surface area contributed by atoms with Crippen molar-refractivity contribution < 1.29 is 13.2 Å². The Morgan fingerprint density at radius 3 is 2.11 bits per heavy atom. The molecule has 3 aromatic rings. The fourth-order valence-corrected chi connectivity index (χ4v) is 5.27. The van der Waals surface area contributed by atoms with Gasteiger partial charge in [0.1, 0.15) is 5.82 Å². The van der Waals surface area contributed by atoms with E-state index in [-0.39, 0.29) is 11.4 Å². The van der Waals surface area contributed by atoms with Crippen molar-refractivity contribution in [3.05, 3.63) is 101 Å². The van der Waals surface area contributed by atoms with E-state index in [2.05, 4.69) is 25.2 Å². The van der Waals surface area contributed by atoms with Gasteiger partial charge in [0.05, 0.1) is 0 Å². The van der Waals surface area contributed by atoms with Crippen molar-refractivity contribution in [2.75, 3.05) is 0 Å². The Hall–Kier alpha value is -3.07. The van der Waals surface area contributed by atoms with E-state index in [0.29, 0.717) is 34.6 Å². The highest BCUT2D eigenvalue weighted by atomic mass is 19.2. The fourth-order valence-electron chi connectivity index (χ4n) is 5.27. The maximum atomic E-state index is 15.1. The van der Waals surface area contributed by atoms with Gasteiger partial charge in [0.25, 0.3) is 0 Å². The lowest BCUT2D eigenvalue weighted by Crippen LogP contribution is -2.02. The molecule has 37 heavy (non-hydrogen) atoms. The van der Waals surface area contributed by atoms with Crippen molar-refractivity contribution in [2.45, 2.75) is 71.6 Å². The van der Waals surface area contributed by atoms with Crippen LogP contribution in [0.5, 0.6) is 0 Å². The first kappa shape index (κ1) is 27.0. The number of halogens is 3. The van der Waals surface area contributed by atoms with Gasteiger partial charge in [0.15, 0.2) is 11.6 Å². The first-order valence-electron chi connectivity index (χ1n) is 13.7. The molecular formula is C34H37F3. The fraction of sp³-hybridized carbons (Fsp3) is 0.353. The Kier molecular flexibility index (Phi) is 9.44. The number of rotatable bonds is 10. The molecule has 194 valence electrons. The van der Waals surface area contributed by atoms with Crippen molar-refractivity contribution in [1.82, 2.24) is 0 Å². The van der Waals surface area contributed by atoms with E-state index in [9.17, 15) is 8.78 Å². The number of benzene rings is 3. The molecule has 0 nitrogen and oxygen atoms in total. The van der Waals surface area contributed by atoms with Gasteiger partial charge in [-0.1, -0.05) is 99.4 Å². The van der Waals surface area contributed by atoms with Crippen LogP contribution in [-0.2, 0) is 6.42 Å². The maximum absolute atomic E-state index is 15.1. The molecule has 1 atom stereocenters. The smallest absolute Gasteiger partial charge is 0.166 e. The molecule has 1 aliphatic carbocycles. The Balaban J connectivity index is 1.47. The molecule has 0 heterocycles. The number of hydrogen-bond acceptors (Lipinski definition) is 0. The summed E-state index contributed by atoms with van der Waals surface area (Å²) in [6, 6.07) is 15.8. The van der Waals surface area contributed by atoms with E-state index < -0.39 is 11.6 Å². The lowest BCUT2D eigenvalue weighted by molar-refractivity contribution is 0.497. The maximum Gasteiger partial charge on any atom is 0.166 e. The molecule has 0 fully saturated rings.